The Hall–Kier alpha value is -1.84. The minimum Gasteiger partial charge on any atom is -0.361 e. The average molecular weight is 179 g/mol. The number of benzene rings is 1. The van der Waals surface area contributed by atoms with Crippen LogP contribution in [0.25, 0.3) is 10.9 Å². The Balaban J connectivity index is 2.95. The summed E-state index contributed by atoms with van der Waals surface area (Å²) >= 11 is 0. The summed E-state index contributed by atoms with van der Waals surface area (Å²) < 4.78 is 12.0. The van der Waals surface area contributed by atoms with Gasteiger partial charge in [-0.1, -0.05) is 6.07 Å². The minimum absolute atomic E-state index is 0.0562. The van der Waals surface area contributed by atoms with Crippen molar-refractivity contribution >= 4 is 10.9 Å². The van der Waals surface area contributed by atoms with Crippen molar-refractivity contribution in [3.8, 4) is 5.75 Å². The van der Waals surface area contributed by atoms with Gasteiger partial charge in [-0.25, -0.2) is 0 Å². The van der Waals surface area contributed by atoms with E-state index >= 15 is 0 Å². The summed E-state index contributed by atoms with van der Waals surface area (Å²) in [6.07, 6.45) is 1.51. The average Bonchev–Trinajstić information content (AvgIpc) is 2.17. The van der Waals surface area contributed by atoms with Crippen molar-refractivity contribution in [3.05, 3.63) is 40.7 Å². The van der Waals surface area contributed by atoms with Crippen LogP contribution in [0.3, 0.4) is 0 Å². The molecule has 0 aliphatic carbocycles. The highest BCUT2D eigenvalue weighted by Gasteiger charge is 2.05. The van der Waals surface area contributed by atoms with Gasteiger partial charge >= 0.3 is 0 Å². The third-order valence-corrected chi connectivity index (χ3v) is 1.83. The van der Waals surface area contributed by atoms with Gasteiger partial charge in [0.2, 0.25) is 0 Å². The van der Waals surface area contributed by atoms with Gasteiger partial charge in [0.05, 0.1) is 10.9 Å². The predicted octanol–water partition coefficient (Wildman–Crippen LogP) is 1.79. The van der Waals surface area contributed by atoms with Gasteiger partial charge in [-0.3, -0.25) is 9.74 Å². The van der Waals surface area contributed by atoms with E-state index in [9.17, 15) is 9.32 Å². The third kappa shape index (κ3) is 1.16. The number of aromatic amines is 1. The zero-order valence-electron chi connectivity index (χ0n) is 6.58. The molecule has 0 aliphatic rings. The number of halogens is 1. The Morgan fingerprint density at radius 1 is 1.31 bits per heavy atom. The number of aromatic nitrogens is 1. The first-order valence-corrected chi connectivity index (χ1v) is 3.72. The molecule has 0 radical (unpaired) electrons. The second-order valence-electron chi connectivity index (χ2n) is 2.60. The van der Waals surface area contributed by atoms with Gasteiger partial charge in [0.15, 0.2) is 11.2 Å². The summed E-state index contributed by atoms with van der Waals surface area (Å²) in [6.45, 7) is 0. The van der Waals surface area contributed by atoms with Crippen molar-refractivity contribution in [2.24, 2.45) is 0 Å². The molecule has 0 saturated heterocycles. The van der Waals surface area contributed by atoms with Crippen molar-refractivity contribution in [2.75, 3.05) is 0 Å². The number of hydrogen-bond donors (Lipinski definition) is 1. The molecule has 66 valence electrons. The summed E-state index contributed by atoms with van der Waals surface area (Å²) in [7, 11) is 0. The molecule has 2 rings (SSSR count). The maximum Gasteiger partial charge on any atom is 0.193 e. The van der Waals surface area contributed by atoms with E-state index in [0.29, 0.717) is 5.52 Å². The number of fused-ring (bicyclic) bond motifs is 1. The highest BCUT2D eigenvalue weighted by molar-refractivity contribution is 5.84. The summed E-state index contributed by atoms with van der Waals surface area (Å²) in [4.78, 5) is 17.7. The van der Waals surface area contributed by atoms with Crippen LogP contribution in [0.5, 0.6) is 5.75 Å². The molecule has 0 unspecified atom stereocenters. The topological polar surface area (TPSA) is 42.1 Å². The molecular weight excluding hydrogens is 173 g/mol. The lowest BCUT2D eigenvalue weighted by Crippen LogP contribution is -2.01. The Morgan fingerprint density at radius 2 is 2.15 bits per heavy atom. The van der Waals surface area contributed by atoms with Crippen LogP contribution in [0.2, 0.25) is 0 Å². The van der Waals surface area contributed by atoms with E-state index in [1.165, 1.54) is 18.3 Å². The smallest absolute Gasteiger partial charge is 0.193 e. The molecule has 0 saturated carbocycles. The van der Waals surface area contributed by atoms with Gasteiger partial charge in [0.1, 0.15) is 0 Å². The lowest BCUT2D eigenvalue weighted by atomic mass is 10.2. The molecule has 0 spiro atoms. The number of rotatable bonds is 1. The fourth-order valence-corrected chi connectivity index (χ4v) is 1.26. The van der Waals surface area contributed by atoms with Gasteiger partial charge in [-0.05, 0) is 12.1 Å². The number of pyridine rings is 1. The van der Waals surface area contributed by atoms with Gasteiger partial charge in [-0.2, -0.15) is 0 Å². The predicted molar refractivity (Wildman–Crippen MR) is 46.3 cm³/mol. The number of nitrogens with one attached hydrogen (secondary N) is 1. The first-order valence-electron chi connectivity index (χ1n) is 3.72. The van der Waals surface area contributed by atoms with E-state index in [0.717, 1.165) is 0 Å². The molecule has 1 aromatic carbocycles. The van der Waals surface area contributed by atoms with Crippen molar-refractivity contribution in [3.63, 3.8) is 0 Å². The molecule has 0 fully saturated rings. The lowest BCUT2D eigenvalue weighted by Gasteiger charge is -1.99. The summed E-state index contributed by atoms with van der Waals surface area (Å²) in [5.74, 6) is -0.0562. The Kier molecular flexibility index (Phi) is 1.73. The second-order valence-corrected chi connectivity index (χ2v) is 2.60. The van der Waals surface area contributed by atoms with Crippen molar-refractivity contribution in [1.29, 1.82) is 0 Å². The monoisotopic (exact) mass is 179 g/mol. The maximum absolute atomic E-state index is 12.0. The molecule has 0 atom stereocenters. The SMILES string of the molecule is O=c1cc[nH]c2cccc(OF)c12. The van der Waals surface area contributed by atoms with Crippen molar-refractivity contribution in [2.45, 2.75) is 0 Å². The van der Waals surface area contributed by atoms with Gasteiger partial charge in [0, 0.05) is 16.8 Å². The van der Waals surface area contributed by atoms with E-state index in [1.807, 2.05) is 0 Å². The summed E-state index contributed by atoms with van der Waals surface area (Å²) in [6, 6.07) is 6.01. The molecule has 3 nitrogen and oxygen atoms in total. The fourth-order valence-electron chi connectivity index (χ4n) is 1.26. The Labute approximate surface area is 72.7 Å². The van der Waals surface area contributed by atoms with E-state index in [2.05, 4.69) is 9.93 Å². The minimum atomic E-state index is -0.262. The van der Waals surface area contributed by atoms with Crippen LogP contribution in [0.1, 0.15) is 0 Å². The van der Waals surface area contributed by atoms with Gasteiger partial charge in [-0.15, -0.1) is 0 Å². The van der Waals surface area contributed by atoms with Crippen molar-refractivity contribution < 1.29 is 9.47 Å². The first-order chi connectivity index (χ1) is 6.33. The number of hydrogen-bond acceptors (Lipinski definition) is 2. The highest BCUT2D eigenvalue weighted by atomic mass is 19.3. The van der Waals surface area contributed by atoms with E-state index in [1.54, 1.807) is 12.1 Å². The van der Waals surface area contributed by atoms with Gasteiger partial charge < -0.3 is 4.98 Å². The molecule has 0 bridgehead atoms. The van der Waals surface area contributed by atoms with Crippen LogP contribution in [-0.2, 0) is 0 Å². The maximum atomic E-state index is 12.0. The molecule has 0 amide bonds. The second kappa shape index (κ2) is 2.90. The number of H-pyrrole nitrogens is 1. The van der Waals surface area contributed by atoms with Gasteiger partial charge in [0.25, 0.3) is 0 Å². The quantitative estimate of drug-likeness (QED) is 0.725. The van der Waals surface area contributed by atoms with Crippen LogP contribution >= 0.6 is 0 Å². The Bertz CT molecular complexity index is 487. The van der Waals surface area contributed by atoms with E-state index in [-0.39, 0.29) is 16.6 Å². The van der Waals surface area contributed by atoms with E-state index < -0.39 is 0 Å². The molecule has 1 heterocycles. The zero-order valence-corrected chi connectivity index (χ0v) is 6.58. The first kappa shape index (κ1) is 7.79. The standard InChI is InChI=1S/C9H6FNO2/c10-13-8-3-1-2-6-9(8)7(12)4-5-11-6/h1-5H,(H,11,12). The molecule has 13 heavy (non-hydrogen) atoms. The summed E-state index contributed by atoms with van der Waals surface area (Å²) in [5.41, 5.74) is 0.296. The van der Waals surface area contributed by atoms with Crippen LogP contribution in [0.15, 0.2) is 35.3 Å². The molecule has 1 aromatic heterocycles. The van der Waals surface area contributed by atoms with Crippen LogP contribution in [-0.4, -0.2) is 4.98 Å². The molecule has 2 aromatic rings. The van der Waals surface area contributed by atoms with Crippen LogP contribution in [0.4, 0.5) is 4.53 Å². The molecule has 1 N–H and O–H groups in total. The largest absolute Gasteiger partial charge is 0.361 e. The molecule has 4 heteroatoms. The summed E-state index contributed by atoms with van der Waals surface area (Å²) in [5, 5.41) is 0.229. The normalized spacial score (nSPS) is 10.2. The molecule has 0 aliphatic heterocycles. The fraction of sp³-hybridized carbons (Fsp3) is 0. The Morgan fingerprint density at radius 3 is 2.92 bits per heavy atom. The van der Waals surface area contributed by atoms with Crippen molar-refractivity contribution in [1.82, 2.24) is 4.98 Å². The van der Waals surface area contributed by atoms with E-state index in [4.69, 9.17) is 0 Å². The molecular formula is C9H6FNO2. The van der Waals surface area contributed by atoms with Crippen LogP contribution < -0.4 is 10.4 Å². The van der Waals surface area contributed by atoms with Crippen LogP contribution in [0, 0.1) is 0 Å². The third-order valence-electron chi connectivity index (χ3n) is 1.83. The zero-order chi connectivity index (χ0) is 9.26. The highest BCUT2D eigenvalue weighted by Crippen LogP contribution is 2.20. The lowest BCUT2D eigenvalue weighted by molar-refractivity contribution is -0.00430.